The van der Waals surface area contributed by atoms with E-state index in [9.17, 15) is 0 Å². The van der Waals surface area contributed by atoms with Gasteiger partial charge in [-0.3, -0.25) is 0 Å². The van der Waals surface area contributed by atoms with Crippen molar-refractivity contribution in [3.63, 3.8) is 0 Å². The summed E-state index contributed by atoms with van der Waals surface area (Å²) in [6, 6.07) is 5.92. The first kappa shape index (κ1) is 11.5. The van der Waals surface area contributed by atoms with Crippen LogP contribution in [-0.2, 0) is 12.8 Å². The molecule has 0 spiro atoms. The van der Waals surface area contributed by atoms with Gasteiger partial charge in [0.05, 0.1) is 0 Å². The molecule has 16 heavy (non-hydrogen) atoms. The molecule has 0 unspecified atom stereocenters. The summed E-state index contributed by atoms with van der Waals surface area (Å²) in [5.74, 6) is 0.858. The van der Waals surface area contributed by atoms with Gasteiger partial charge >= 0.3 is 0 Å². The molecule has 0 saturated carbocycles. The molecular formula is C11H12BrN3S. The number of nitrogen functional groups attached to an aromatic ring is 1. The van der Waals surface area contributed by atoms with Gasteiger partial charge < -0.3 is 10.3 Å². The van der Waals surface area contributed by atoms with Gasteiger partial charge in [-0.25, -0.2) is 4.98 Å². The number of rotatable bonds is 3. The molecule has 0 aliphatic heterocycles. The zero-order valence-corrected chi connectivity index (χ0v) is 11.3. The van der Waals surface area contributed by atoms with Crippen molar-refractivity contribution in [1.82, 2.24) is 9.55 Å². The molecular weight excluding hydrogens is 286 g/mol. The average molecular weight is 298 g/mol. The predicted molar refractivity (Wildman–Crippen MR) is 71.3 cm³/mol. The molecule has 2 rings (SSSR count). The van der Waals surface area contributed by atoms with Crippen molar-refractivity contribution in [1.29, 1.82) is 0 Å². The number of aryl methyl sites for hydroxylation is 1. The summed E-state index contributed by atoms with van der Waals surface area (Å²) in [5.41, 5.74) is 7.79. The lowest BCUT2D eigenvalue weighted by Gasteiger charge is -2.06. The van der Waals surface area contributed by atoms with Gasteiger partial charge in [0, 0.05) is 35.4 Å². The van der Waals surface area contributed by atoms with E-state index in [2.05, 4.69) is 27.0 Å². The minimum Gasteiger partial charge on any atom is -0.398 e. The van der Waals surface area contributed by atoms with E-state index >= 15 is 0 Å². The molecule has 0 bridgehead atoms. The van der Waals surface area contributed by atoms with Crippen LogP contribution in [0.1, 0.15) is 5.56 Å². The minimum atomic E-state index is 0.776. The molecule has 2 aromatic rings. The van der Waals surface area contributed by atoms with Crippen LogP contribution in [0.4, 0.5) is 5.69 Å². The van der Waals surface area contributed by atoms with E-state index in [0.717, 1.165) is 21.1 Å². The summed E-state index contributed by atoms with van der Waals surface area (Å²) < 4.78 is 2.99. The third-order valence-electron chi connectivity index (χ3n) is 2.24. The van der Waals surface area contributed by atoms with Gasteiger partial charge in [0.2, 0.25) is 0 Å². The molecule has 2 N–H and O–H groups in total. The van der Waals surface area contributed by atoms with Gasteiger partial charge in [0.1, 0.15) is 0 Å². The lowest BCUT2D eigenvalue weighted by atomic mass is 10.2. The van der Waals surface area contributed by atoms with Crippen molar-refractivity contribution in [3.05, 3.63) is 40.6 Å². The van der Waals surface area contributed by atoms with Gasteiger partial charge in [-0.15, -0.1) is 0 Å². The lowest BCUT2D eigenvalue weighted by Crippen LogP contribution is -1.93. The van der Waals surface area contributed by atoms with E-state index in [1.165, 1.54) is 5.56 Å². The van der Waals surface area contributed by atoms with Gasteiger partial charge in [0.25, 0.3) is 0 Å². The summed E-state index contributed by atoms with van der Waals surface area (Å²) in [5, 5.41) is 1.01. The maximum atomic E-state index is 5.82. The van der Waals surface area contributed by atoms with Crippen molar-refractivity contribution in [2.45, 2.75) is 10.9 Å². The third-order valence-corrected chi connectivity index (χ3v) is 4.32. The standard InChI is InChI=1S/C11H12BrN3S/c1-15-6-5-14-11(15)16-7-8-3-2-4-9(13)10(8)12/h2-6H,7,13H2,1H3. The van der Waals surface area contributed by atoms with Gasteiger partial charge in [-0.1, -0.05) is 23.9 Å². The summed E-state index contributed by atoms with van der Waals surface area (Å²) in [6.07, 6.45) is 3.74. The average Bonchev–Trinajstić information content (AvgIpc) is 2.67. The van der Waals surface area contributed by atoms with Crippen LogP contribution in [0.3, 0.4) is 0 Å². The molecule has 0 fully saturated rings. The third kappa shape index (κ3) is 2.41. The van der Waals surface area contributed by atoms with Crippen LogP contribution in [0, 0.1) is 0 Å². The van der Waals surface area contributed by atoms with E-state index in [-0.39, 0.29) is 0 Å². The van der Waals surface area contributed by atoms with E-state index < -0.39 is 0 Å². The van der Waals surface area contributed by atoms with Crippen LogP contribution in [0.5, 0.6) is 0 Å². The van der Waals surface area contributed by atoms with Crippen LogP contribution in [0.15, 0.2) is 40.2 Å². The maximum absolute atomic E-state index is 5.82. The Morgan fingerprint density at radius 2 is 2.31 bits per heavy atom. The largest absolute Gasteiger partial charge is 0.398 e. The molecule has 0 atom stereocenters. The van der Waals surface area contributed by atoms with E-state index in [1.54, 1.807) is 18.0 Å². The fraction of sp³-hybridized carbons (Fsp3) is 0.182. The predicted octanol–water partition coefficient (Wildman–Crippen LogP) is 3.06. The highest BCUT2D eigenvalue weighted by atomic mass is 79.9. The molecule has 0 aliphatic carbocycles. The first-order chi connectivity index (χ1) is 7.68. The fourth-order valence-electron chi connectivity index (χ4n) is 1.34. The summed E-state index contributed by atoms with van der Waals surface area (Å²) >= 11 is 5.19. The number of nitrogens with two attached hydrogens (primary N) is 1. The second-order valence-corrected chi connectivity index (χ2v) is 5.17. The topological polar surface area (TPSA) is 43.8 Å². The van der Waals surface area contributed by atoms with E-state index in [4.69, 9.17) is 5.73 Å². The highest BCUT2D eigenvalue weighted by molar-refractivity contribution is 9.10. The van der Waals surface area contributed by atoms with E-state index in [0.29, 0.717) is 0 Å². The number of hydrogen-bond acceptors (Lipinski definition) is 3. The molecule has 1 aromatic carbocycles. The molecule has 3 nitrogen and oxygen atoms in total. The van der Waals surface area contributed by atoms with Crippen LogP contribution >= 0.6 is 27.7 Å². The van der Waals surface area contributed by atoms with Gasteiger partial charge in [0.15, 0.2) is 5.16 Å². The minimum absolute atomic E-state index is 0.776. The summed E-state index contributed by atoms with van der Waals surface area (Å²) in [7, 11) is 1.99. The van der Waals surface area contributed by atoms with Crippen molar-refractivity contribution in [2.24, 2.45) is 7.05 Å². The number of benzene rings is 1. The van der Waals surface area contributed by atoms with Crippen LogP contribution in [-0.4, -0.2) is 9.55 Å². The second-order valence-electron chi connectivity index (χ2n) is 3.43. The van der Waals surface area contributed by atoms with Crippen molar-refractivity contribution in [2.75, 3.05) is 5.73 Å². The fourth-order valence-corrected chi connectivity index (χ4v) is 2.86. The molecule has 0 radical (unpaired) electrons. The highest BCUT2D eigenvalue weighted by Gasteiger charge is 2.05. The van der Waals surface area contributed by atoms with Crippen molar-refractivity contribution < 1.29 is 0 Å². The molecule has 84 valence electrons. The monoisotopic (exact) mass is 297 g/mol. The number of aromatic nitrogens is 2. The number of thioether (sulfide) groups is 1. The Kier molecular flexibility index (Phi) is 3.56. The molecule has 5 heteroatoms. The number of nitrogens with zero attached hydrogens (tertiary/aromatic N) is 2. The van der Waals surface area contributed by atoms with Gasteiger partial charge in [-0.05, 0) is 27.6 Å². The van der Waals surface area contributed by atoms with Crippen molar-refractivity contribution >= 4 is 33.4 Å². The van der Waals surface area contributed by atoms with E-state index in [1.807, 2.05) is 29.9 Å². The zero-order valence-electron chi connectivity index (χ0n) is 8.85. The normalized spacial score (nSPS) is 10.6. The molecule has 0 aliphatic rings. The zero-order chi connectivity index (χ0) is 11.5. The number of anilines is 1. The SMILES string of the molecule is Cn1ccnc1SCc1cccc(N)c1Br. The Balaban J connectivity index is 2.11. The Hall–Kier alpha value is -0.940. The molecule has 1 heterocycles. The molecule has 1 aromatic heterocycles. The number of imidazole rings is 1. The molecule has 0 saturated heterocycles. The number of halogens is 1. The highest BCUT2D eigenvalue weighted by Crippen LogP contribution is 2.29. The Bertz CT molecular complexity index is 496. The second kappa shape index (κ2) is 4.93. The maximum Gasteiger partial charge on any atom is 0.167 e. The summed E-state index contributed by atoms with van der Waals surface area (Å²) in [4.78, 5) is 4.26. The van der Waals surface area contributed by atoms with Crippen molar-refractivity contribution in [3.8, 4) is 0 Å². The Morgan fingerprint density at radius 3 is 3.00 bits per heavy atom. The quantitative estimate of drug-likeness (QED) is 0.699. The van der Waals surface area contributed by atoms with Crippen LogP contribution < -0.4 is 5.73 Å². The van der Waals surface area contributed by atoms with Crippen LogP contribution in [0.25, 0.3) is 0 Å². The lowest BCUT2D eigenvalue weighted by molar-refractivity contribution is 0.790. The van der Waals surface area contributed by atoms with Crippen LogP contribution in [0.2, 0.25) is 0 Å². The Morgan fingerprint density at radius 1 is 1.50 bits per heavy atom. The van der Waals surface area contributed by atoms with Gasteiger partial charge in [-0.2, -0.15) is 0 Å². The first-order valence-electron chi connectivity index (χ1n) is 4.81. The summed E-state index contributed by atoms with van der Waals surface area (Å²) in [6.45, 7) is 0. The first-order valence-corrected chi connectivity index (χ1v) is 6.59. The Labute approximate surface area is 107 Å². The molecule has 0 amide bonds. The smallest absolute Gasteiger partial charge is 0.167 e. The number of hydrogen-bond donors (Lipinski definition) is 1.